The minimum Gasteiger partial charge on any atom is -0.544 e. The predicted molar refractivity (Wildman–Crippen MR) is 84.7 cm³/mol. The van der Waals surface area contributed by atoms with E-state index >= 15 is 0 Å². The molecule has 1 atom stereocenters. The van der Waals surface area contributed by atoms with Crippen LogP contribution in [0.4, 0.5) is 0 Å². The van der Waals surface area contributed by atoms with Gasteiger partial charge in [-0.05, 0) is 37.3 Å². The van der Waals surface area contributed by atoms with Gasteiger partial charge in [-0.2, -0.15) is 0 Å². The molecule has 0 radical (unpaired) electrons. The van der Waals surface area contributed by atoms with Crippen molar-refractivity contribution in [3.8, 4) is 5.75 Å². The average Bonchev–Trinajstić information content (AvgIpc) is 2.41. The molecule has 2 N–H and O–H groups in total. The molecule has 0 aliphatic carbocycles. The highest BCUT2D eigenvalue weighted by molar-refractivity contribution is 6.70. The fraction of sp³-hybridized carbons (Fsp3) is 0.600. The molecule has 0 amide bonds. The van der Waals surface area contributed by atoms with Gasteiger partial charge in [0.05, 0.1) is 12.6 Å². The summed E-state index contributed by atoms with van der Waals surface area (Å²) in [5, 5.41) is 13.0. The molecule has 1 fully saturated rings. The summed E-state index contributed by atoms with van der Waals surface area (Å²) in [5.74, 6) is 0.935. The van der Waals surface area contributed by atoms with Crippen LogP contribution in [0.1, 0.15) is 11.6 Å². The van der Waals surface area contributed by atoms with E-state index in [9.17, 15) is 5.11 Å². The second-order valence-corrected chi connectivity index (χ2v) is 10.7. The van der Waals surface area contributed by atoms with Crippen LogP contribution in [-0.4, -0.2) is 51.1 Å². The summed E-state index contributed by atoms with van der Waals surface area (Å²) in [5.41, 5.74) is 1.16. The van der Waals surface area contributed by atoms with Gasteiger partial charge in [-0.3, -0.25) is 4.90 Å². The van der Waals surface area contributed by atoms with E-state index in [-0.39, 0.29) is 12.6 Å². The van der Waals surface area contributed by atoms with Crippen LogP contribution < -0.4 is 9.74 Å². The zero-order chi connectivity index (χ0) is 14.6. The molecule has 1 aromatic rings. The Morgan fingerprint density at radius 2 is 1.80 bits per heavy atom. The normalized spacial score (nSPS) is 18.8. The van der Waals surface area contributed by atoms with Crippen molar-refractivity contribution in [3.63, 3.8) is 0 Å². The second kappa shape index (κ2) is 6.71. The molecule has 1 aliphatic heterocycles. The third kappa shape index (κ3) is 4.31. The lowest BCUT2D eigenvalue weighted by Crippen LogP contribution is -2.46. The van der Waals surface area contributed by atoms with Crippen molar-refractivity contribution in [1.29, 1.82) is 0 Å². The van der Waals surface area contributed by atoms with Crippen molar-refractivity contribution in [2.75, 3.05) is 32.8 Å². The SMILES string of the molecule is C[Si](C)(C)Oc1ccc([C@@H](CO)N2CCNCC2)cc1. The van der Waals surface area contributed by atoms with Crippen molar-refractivity contribution in [2.24, 2.45) is 0 Å². The number of nitrogens with zero attached hydrogens (tertiary/aromatic N) is 1. The van der Waals surface area contributed by atoms with Crippen LogP contribution in [0.25, 0.3) is 0 Å². The van der Waals surface area contributed by atoms with Gasteiger partial charge in [0.25, 0.3) is 0 Å². The van der Waals surface area contributed by atoms with E-state index in [0.717, 1.165) is 37.5 Å². The quantitative estimate of drug-likeness (QED) is 0.814. The summed E-state index contributed by atoms with van der Waals surface area (Å²) in [6.45, 7) is 10.7. The standard InChI is InChI=1S/C15H26N2O2Si/c1-20(2,3)19-14-6-4-13(5-7-14)15(12-18)17-10-8-16-9-11-17/h4-7,15-16,18H,8-12H2,1-3H3/t15-/m1/s1. The van der Waals surface area contributed by atoms with Gasteiger partial charge < -0.3 is 14.8 Å². The zero-order valence-electron chi connectivity index (χ0n) is 12.7. The Kier molecular flexibility index (Phi) is 5.21. The molecule has 0 aromatic heterocycles. The summed E-state index contributed by atoms with van der Waals surface area (Å²) in [6, 6.07) is 8.31. The van der Waals surface area contributed by atoms with Crippen LogP contribution in [0.2, 0.25) is 19.6 Å². The number of aliphatic hydroxyl groups excluding tert-OH is 1. The third-order valence-electron chi connectivity index (χ3n) is 3.45. The summed E-state index contributed by atoms with van der Waals surface area (Å²) < 4.78 is 5.97. The molecule has 1 aliphatic rings. The number of hydrogen-bond acceptors (Lipinski definition) is 4. The topological polar surface area (TPSA) is 44.7 Å². The van der Waals surface area contributed by atoms with Gasteiger partial charge in [0.2, 0.25) is 8.32 Å². The molecule has 112 valence electrons. The molecular weight excluding hydrogens is 268 g/mol. The summed E-state index contributed by atoms with van der Waals surface area (Å²) in [7, 11) is -1.55. The second-order valence-electron chi connectivity index (χ2n) is 6.27. The Bertz CT molecular complexity index is 411. The van der Waals surface area contributed by atoms with Gasteiger partial charge in [-0.15, -0.1) is 0 Å². The number of rotatable bonds is 5. The van der Waals surface area contributed by atoms with Crippen molar-refractivity contribution >= 4 is 8.32 Å². The maximum atomic E-state index is 9.70. The molecule has 1 saturated heterocycles. The number of benzene rings is 1. The number of piperazine rings is 1. The number of hydrogen-bond donors (Lipinski definition) is 2. The van der Waals surface area contributed by atoms with Gasteiger partial charge in [0, 0.05) is 26.2 Å². The van der Waals surface area contributed by atoms with Crippen LogP contribution in [0.3, 0.4) is 0 Å². The molecule has 0 spiro atoms. The first-order valence-electron chi connectivity index (χ1n) is 7.34. The smallest absolute Gasteiger partial charge is 0.242 e. The van der Waals surface area contributed by atoms with Crippen LogP contribution >= 0.6 is 0 Å². The zero-order valence-corrected chi connectivity index (χ0v) is 13.7. The maximum absolute atomic E-state index is 9.70. The van der Waals surface area contributed by atoms with Crippen LogP contribution in [0.15, 0.2) is 24.3 Å². The van der Waals surface area contributed by atoms with Gasteiger partial charge >= 0.3 is 0 Å². The van der Waals surface area contributed by atoms with Gasteiger partial charge in [-0.1, -0.05) is 12.1 Å². The van der Waals surface area contributed by atoms with E-state index < -0.39 is 8.32 Å². The van der Waals surface area contributed by atoms with Crippen molar-refractivity contribution in [3.05, 3.63) is 29.8 Å². The third-order valence-corrected chi connectivity index (χ3v) is 4.30. The van der Waals surface area contributed by atoms with Crippen molar-refractivity contribution in [1.82, 2.24) is 10.2 Å². The van der Waals surface area contributed by atoms with Gasteiger partial charge in [0.1, 0.15) is 5.75 Å². The minimum absolute atomic E-state index is 0.0954. The van der Waals surface area contributed by atoms with E-state index in [1.807, 2.05) is 12.1 Å². The first-order chi connectivity index (χ1) is 9.49. The highest BCUT2D eigenvalue weighted by Gasteiger charge is 2.22. The molecule has 4 nitrogen and oxygen atoms in total. The summed E-state index contributed by atoms with van der Waals surface area (Å²) in [4.78, 5) is 2.34. The number of nitrogens with one attached hydrogen (secondary N) is 1. The Balaban J connectivity index is 2.06. The van der Waals surface area contributed by atoms with E-state index in [1.165, 1.54) is 0 Å². The molecule has 1 heterocycles. The average molecular weight is 294 g/mol. The monoisotopic (exact) mass is 294 g/mol. The van der Waals surface area contributed by atoms with Crippen LogP contribution in [0.5, 0.6) is 5.75 Å². The Morgan fingerprint density at radius 1 is 1.20 bits per heavy atom. The Labute approximate surface area is 122 Å². The van der Waals surface area contributed by atoms with Crippen LogP contribution in [0, 0.1) is 0 Å². The lowest BCUT2D eigenvalue weighted by molar-refractivity contribution is 0.111. The molecule has 1 aromatic carbocycles. The van der Waals surface area contributed by atoms with Gasteiger partial charge in [-0.25, -0.2) is 0 Å². The maximum Gasteiger partial charge on any atom is 0.242 e. The largest absolute Gasteiger partial charge is 0.544 e. The van der Waals surface area contributed by atoms with Crippen LogP contribution in [-0.2, 0) is 0 Å². The molecule has 20 heavy (non-hydrogen) atoms. The van der Waals surface area contributed by atoms with Crippen molar-refractivity contribution in [2.45, 2.75) is 25.7 Å². The molecule has 2 rings (SSSR count). The lowest BCUT2D eigenvalue weighted by atomic mass is 10.1. The van der Waals surface area contributed by atoms with E-state index in [4.69, 9.17) is 4.43 Å². The Hall–Kier alpha value is -0.883. The molecule has 0 bridgehead atoms. The first-order valence-corrected chi connectivity index (χ1v) is 10.7. The fourth-order valence-corrected chi connectivity index (χ4v) is 3.38. The highest BCUT2D eigenvalue weighted by atomic mass is 28.4. The van der Waals surface area contributed by atoms with E-state index in [2.05, 4.69) is 42.0 Å². The Morgan fingerprint density at radius 3 is 2.30 bits per heavy atom. The molecule has 0 unspecified atom stereocenters. The number of aliphatic hydroxyl groups is 1. The predicted octanol–water partition coefficient (Wildman–Crippen LogP) is 1.84. The molecule has 5 heteroatoms. The molecular formula is C15H26N2O2Si. The van der Waals surface area contributed by atoms with E-state index in [0.29, 0.717) is 0 Å². The summed E-state index contributed by atoms with van der Waals surface area (Å²) >= 11 is 0. The fourth-order valence-electron chi connectivity index (χ4n) is 2.54. The highest BCUT2D eigenvalue weighted by Crippen LogP contribution is 2.24. The minimum atomic E-state index is -1.55. The molecule has 0 saturated carbocycles. The van der Waals surface area contributed by atoms with Crippen molar-refractivity contribution < 1.29 is 9.53 Å². The summed E-state index contributed by atoms with van der Waals surface area (Å²) in [6.07, 6.45) is 0. The van der Waals surface area contributed by atoms with Gasteiger partial charge in [0.15, 0.2) is 0 Å². The lowest BCUT2D eigenvalue weighted by Gasteiger charge is -2.34. The first kappa shape index (κ1) is 15.5. The van der Waals surface area contributed by atoms with E-state index in [1.54, 1.807) is 0 Å².